The molecular formula is C13H15F3N2O3. The van der Waals surface area contributed by atoms with Gasteiger partial charge in [-0.3, -0.25) is 0 Å². The maximum absolute atomic E-state index is 12.1. The zero-order valence-electron chi connectivity index (χ0n) is 11.0. The van der Waals surface area contributed by atoms with Gasteiger partial charge < -0.3 is 20.5 Å². The van der Waals surface area contributed by atoms with Crippen LogP contribution in [-0.4, -0.2) is 30.7 Å². The Morgan fingerprint density at radius 2 is 2.10 bits per heavy atom. The van der Waals surface area contributed by atoms with Gasteiger partial charge in [-0.05, 0) is 25.0 Å². The highest BCUT2D eigenvalue weighted by molar-refractivity contribution is 5.89. The molecule has 0 spiro atoms. The molecule has 1 aliphatic carbocycles. The van der Waals surface area contributed by atoms with Crippen LogP contribution >= 0.6 is 0 Å². The molecule has 5 nitrogen and oxygen atoms in total. The summed E-state index contributed by atoms with van der Waals surface area (Å²) in [7, 11) is 0. The number of rotatable bonds is 5. The van der Waals surface area contributed by atoms with E-state index >= 15 is 0 Å². The van der Waals surface area contributed by atoms with E-state index in [-0.39, 0.29) is 17.7 Å². The topological polar surface area (TPSA) is 70.6 Å². The average Bonchev–Trinajstić information content (AvgIpc) is 3.15. The smallest absolute Gasteiger partial charge is 0.406 e. The second kappa shape index (κ2) is 5.80. The molecule has 0 aliphatic heterocycles. The fourth-order valence-corrected chi connectivity index (χ4v) is 1.78. The van der Waals surface area contributed by atoms with E-state index in [1.54, 1.807) is 0 Å². The van der Waals surface area contributed by atoms with E-state index in [2.05, 4.69) is 15.4 Å². The van der Waals surface area contributed by atoms with Gasteiger partial charge in [-0.1, -0.05) is 6.07 Å². The summed E-state index contributed by atoms with van der Waals surface area (Å²) in [6.45, 7) is 0.330. The maximum atomic E-state index is 12.1. The lowest BCUT2D eigenvalue weighted by atomic mass is 10.1. The second-order valence-corrected chi connectivity index (χ2v) is 5.04. The summed E-state index contributed by atoms with van der Waals surface area (Å²) in [6.07, 6.45) is -3.09. The molecule has 0 radical (unpaired) electrons. The summed E-state index contributed by atoms with van der Waals surface area (Å²) in [4.78, 5) is 11.6. The lowest BCUT2D eigenvalue weighted by Gasteiger charge is -2.14. The van der Waals surface area contributed by atoms with Crippen molar-refractivity contribution in [3.05, 3.63) is 24.3 Å². The van der Waals surface area contributed by atoms with Gasteiger partial charge in [0, 0.05) is 23.7 Å². The van der Waals surface area contributed by atoms with Crippen LogP contribution in [0.2, 0.25) is 0 Å². The molecule has 0 heterocycles. The number of urea groups is 1. The van der Waals surface area contributed by atoms with Gasteiger partial charge in [0.15, 0.2) is 0 Å². The van der Waals surface area contributed by atoms with Crippen LogP contribution in [0.15, 0.2) is 24.3 Å². The van der Waals surface area contributed by atoms with Crippen molar-refractivity contribution in [2.75, 3.05) is 18.5 Å². The number of benzene rings is 1. The van der Waals surface area contributed by atoms with Crippen LogP contribution in [-0.2, 0) is 0 Å². The number of halogens is 3. The first-order valence-corrected chi connectivity index (χ1v) is 6.33. The van der Waals surface area contributed by atoms with E-state index in [9.17, 15) is 18.0 Å². The minimum absolute atomic E-state index is 0.00217. The van der Waals surface area contributed by atoms with Gasteiger partial charge >= 0.3 is 12.4 Å². The molecule has 2 rings (SSSR count). The highest BCUT2D eigenvalue weighted by atomic mass is 19.4. The van der Waals surface area contributed by atoms with E-state index in [0.29, 0.717) is 6.54 Å². The highest BCUT2D eigenvalue weighted by Crippen LogP contribution is 2.44. The molecule has 1 saturated carbocycles. The molecular weight excluding hydrogens is 289 g/mol. The van der Waals surface area contributed by atoms with E-state index in [1.165, 1.54) is 12.1 Å². The third-order valence-corrected chi connectivity index (χ3v) is 3.24. The Hall–Kier alpha value is -1.96. The number of amides is 2. The van der Waals surface area contributed by atoms with Gasteiger partial charge in [-0.25, -0.2) is 4.79 Å². The van der Waals surface area contributed by atoms with E-state index in [1.807, 2.05) is 0 Å². The van der Waals surface area contributed by atoms with Crippen molar-refractivity contribution in [1.29, 1.82) is 0 Å². The van der Waals surface area contributed by atoms with Crippen molar-refractivity contribution in [3.63, 3.8) is 0 Å². The summed E-state index contributed by atoms with van der Waals surface area (Å²) >= 11 is 0. The molecule has 116 valence electrons. The number of hydrogen-bond acceptors (Lipinski definition) is 3. The molecule has 0 saturated heterocycles. The number of anilines is 1. The average molecular weight is 304 g/mol. The highest BCUT2D eigenvalue weighted by Gasteiger charge is 2.42. The van der Waals surface area contributed by atoms with Gasteiger partial charge in [0.05, 0.1) is 6.61 Å². The summed E-state index contributed by atoms with van der Waals surface area (Å²) in [5.41, 5.74) is -0.0541. The number of carbonyl (C=O) groups is 1. The fourth-order valence-electron chi connectivity index (χ4n) is 1.78. The normalized spacial score (nSPS) is 16.2. The van der Waals surface area contributed by atoms with Crippen LogP contribution < -0.4 is 15.4 Å². The molecule has 1 aromatic rings. The lowest BCUT2D eigenvalue weighted by molar-refractivity contribution is -0.274. The molecule has 1 aromatic carbocycles. The van der Waals surface area contributed by atoms with Crippen molar-refractivity contribution in [3.8, 4) is 5.75 Å². The van der Waals surface area contributed by atoms with Crippen LogP contribution in [0.5, 0.6) is 5.75 Å². The lowest BCUT2D eigenvalue weighted by Crippen LogP contribution is -2.35. The van der Waals surface area contributed by atoms with Crippen molar-refractivity contribution >= 4 is 11.7 Å². The van der Waals surface area contributed by atoms with E-state index < -0.39 is 18.1 Å². The molecule has 0 aromatic heterocycles. The molecule has 0 atom stereocenters. The SMILES string of the molecule is O=C(NCC1(CO)CC1)Nc1cccc(OC(F)(F)F)c1. The summed E-state index contributed by atoms with van der Waals surface area (Å²) in [6, 6.07) is 4.46. The van der Waals surface area contributed by atoms with Gasteiger partial charge in [-0.15, -0.1) is 13.2 Å². The monoisotopic (exact) mass is 304 g/mol. The molecule has 8 heteroatoms. The third kappa shape index (κ3) is 4.82. The van der Waals surface area contributed by atoms with Crippen LogP contribution in [0.4, 0.5) is 23.7 Å². The van der Waals surface area contributed by atoms with Crippen LogP contribution in [0.25, 0.3) is 0 Å². The molecule has 21 heavy (non-hydrogen) atoms. The summed E-state index contributed by atoms with van der Waals surface area (Å²) < 4.78 is 40.0. The molecule has 1 fully saturated rings. The van der Waals surface area contributed by atoms with Crippen molar-refractivity contribution in [1.82, 2.24) is 5.32 Å². The number of alkyl halides is 3. The third-order valence-electron chi connectivity index (χ3n) is 3.24. The quantitative estimate of drug-likeness (QED) is 0.782. The Labute approximate surface area is 119 Å². The maximum Gasteiger partial charge on any atom is 0.573 e. The fraction of sp³-hybridized carbons (Fsp3) is 0.462. The van der Waals surface area contributed by atoms with Crippen LogP contribution in [0, 0.1) is 5.41 Å². The Kier molecular flexibility index (Phi) is 4.26. The molecule has 2 amide bonds. The molecule has 0 unspecified atom stereocenters. The van der Waals surface area contributed by atoms with Gasteiger partial charge in [-0.2, -0.15) is 0 Å². The molecule has 1 aliphatic rings. The van der Waals surface area contributed by atoms with Crippen LogP contribution in [0.3, 0.4) is 0 Å². The predicted octanol–water partition coefficient (Wildman–Crippen LogP) is 2.48. The summed E-state index contributed by atoms with van der Waals surface area (Å²) in [5, 5.41) is 14.1. The van der Waals surface area contributed by atoms with Crippen molar-refractivity contribution in [2.24, 2.45) is 5.41 Å². The zero-order valence-corrected chi connectivity index (χ0v) is 11.0. The minimum Gasteiger partial charge on any atom is -0.406 e. The Balaban J connectivity index is 1.87. The van der Waals surface area contributed by atoms with Crippen LogP contribution in [0.1, 0.15) is 12.8 Å². The summed E-state index contributed by atoms with van der Waals surface area (Å²) in [5.74, 6) is -0.408. The second-order valence-electron chi connectivity index (χ2n) is 5.04. The number of hydrogen-bond donors (Lipinski definition) is 3. The standard InChI is InChI=1S/C13H15F3N2O3/c14-13(15,16)21-10-3-1-2-9(6-10)18-11(20)17-7-12(8-19)4-5-12/h1-3,6,19H,4-5,7-8H2,(H2,17,18,20). The number of aliphatic hydroxyl groups excluding tert-OH is 1. The Bertz CT molecular complexity index is 516. The largest absolute Gasteiger partial charge is 0.573 e. The number of ether oxygens (including phenoxy) is 1. The molecule has 3 N–H and O–H groups in total. The van der Waals surface area contributed by atoms with E-state index in [4.69, 9.17) is 5.11 Å². The number of carbonyl (C=O) groups excluding carboxylic acids is 1. The molecule has 0 bridgehead atoms. The minimum atomic E-state index is -4.78. The van der Waals surface area contributed by atoms with Crippen molar-refractivity contribution in [2.45, 2.75) is 19.2 Å². The Morgan fingerprint density at radius 1 is 1.38 bits per heavy atom. The Morgan fingerprint density at radius 3 is 2.67 bits per heavy atom. The van der Waals surface area contributed by atoms with Gasteiger partial charge in [0.2, 0.25) is 0 Å². The first-order valence-electron chi connectivity index (χ1n) is 6.33. The van der Waals surface area contributed by atoms with Gasteiger partial charge in [0.25, 0.3) is 0 Å². The van der Waals surface area contributed by atoms with Gasteiger partial charge in [0.1, 0.15) is 5.75 Å². The predicted molar refractivity (Wildman–Crippen MR) is 68.9 cm³/mol. The first-order chi connectivity index (χ1) is 9.82. The first kappa shape index (κ1) is 15.4. The zero-order chi connectivity index (χ0) is 15.5. The number of nitrogens with one attached hydrogen (secondary N) is 2. The van der Waals surface area contributed by atoms with E-state index in [0.717, 1.165) is 25.0 Å². The number of aliphatic hydroxyl groups is 1. The van der Waals surface area contributed by atoms with Crippen molar-refractivity contribution < 1.29 is 27.8 Å².